The minimum atomic E-state index is -0.970. The van der Waals surface area contributed by atoms with E-state index in [-0.39, 0.29) is 16.8 Å². The summed E-state index contributed by atoms with van der Waals surface area (Å²) in [6.45, 7) is 2.70. The minimum absolute atomic E-state index is 0.0227. The van der Waals surface area contributed by atoms with Crippen LogP contribution in [-0.4, -0.2) is 29.7 Å². The van der Waals surface area contributed by atoms with Crippen LogP contribution < -0.4 is 25.8 Å². The van der Waals surface area contributed by atoms with Gasteiger partial charge in [-0.15, -0.1) is 0 Å². The van der Waals surface area contributed by atoms with Crippen molar-refractivity contribution in [3.05, 3.63) is 113 Å². The van der Waals surface area contributed by atoms with Crippen molar-refractivity contribution in [3.8, 4) is 16.9 Å². The number of hydrogen-bond donors (Lipinski definition) is 2. The maximum atomic E-state index is 15.1. The standard InChI is InChI=1S/C32H29F2N5O3/c1-4-39-29-17-30(38(2)19-20-10-12-23(42-3)13-11-20)35-18-21(29)14-25(31(39)40)24-15-28(27(34)16-26(24)33)37-32(41)36-22-8-6-5-7-9-22/h5-18H,4,19H2,1-3H3,(H2,36,37,41). The Kier molecular flexibility index (Phi) is 8.14. The Labute approximate surface area is 241 Å². The van der Waals surface area contributed by atoms with Crippen molar-refractivity contribution >= 4 is 34.1 Å². The lowest BCUT2D eigenvalue weighted by molar-refractivity contribution is 0.262. The number of carbonyl (C=O) groups excluding carboxylic acids is 1. The molecule has 5 rings (SSSR count). The lowest BCUT2D eigenvalue weighted by Crippen LogP contribution is -2.23. The Morgan fingerprint density at radius 3 is 2.38 bits per heavy atom. The van der Waals surface area contributed by atoms with Crippen LogP contribution in [0, 0.1) is 11.6 Å². The normalized spacial score (nSPS) is 10.9. The number of fused-ring (bicyclic) bond motifs is 1. The van der Waals surface area contributed by atoms with Crippen molar-refractivity contribution in [1.82, 2.24) is 9.55 Å². The van der Waals surface area contributed by atoms with Crippen molar-refractivity contribution in [3.63, 3.8) is 0 Å². The molecular weight excluding hydrogens is 540 g/mol. The molecule has 2 N–H and O–H groups in total. The summed E-state index contributed by atoms with van der Waals surface area (Å²) in [6.07, 6.45) is 1.62. The molecule has 8 nitrogen and oxygen atoms in total. The third kappa shape index (κ3) is 5.92. The molecule has 3 aromatic carbocycles. The van der Waals surface area contributed by atoms with E-state index in [0.717, 1.165) is 17.4 Å². The highest BCUT2D eigenvalue weighted by molar-refractivity contribution is 6.00. The first-order valence-electron chi connectivity index (χ1n) is 13.3. The predicted octanol–water partition coefficient (Wildman–Crippen LogP) is 6.65. The van der Waals surface area contributed by atoms with E-state index in [1.807, 2.05) is 49.2 Å². The van der Waals surface area contributed by atoms with Crippen molar-refractivity contribution in [2.24, 2.45) is 0 Å². The van der Waals surface area contributed by atoms with Crippen LogP contribution in [0.1, 0.15) is 12.5 Å². The number of aromatic nitrogens is 2. The van der Waals surface area contributed by atoms with Crippen LogP contribution in [0.25, 0.3) is 22.0 Å². The summed E-state index contributed by atoms with van der Waals surface area (Å²) in [4.78, 5) is 32.6. The Hall–Kier alpha value is -5.25. The van der Waals surface area contributed by atoms with Crippen LogP contribution >= 0.6 is 0 Å². The number of nitrogens with zero attached hydrogens (tertiary/aromatic N) is 3. The highest BCUT2D eigenvalue weighted by atomic mass is 19.1. The number of amides is 2. The van der Waals surface area contributed by atoms with E-state index < -0.39 is 23.2 Å². The van der Waals surface area contributed by atoms with E-state index in [2.05, 4.69) is 15.6 Å². The molecule has 0 atom stereocenters. The van der Waals surface area contributed by atoms with Crippen LogP contribution in [0.4, 0.5) is 30.8 Å². The third-order valence-electron chi connectivity index (χ3n) is 6.88. The fourth-order valence-corrected chi connectivity index (χ4v) is 4.72. The molecule has 0 spiro atoms. The topological polar surface area (TPSA) is 88.5 Å². The van der Waals surface area contributed by atoms with Gasteiger partial charge >= 0.3 is 6.03 Å². The lowest BCUT2D eigenvalue weighted by atomic mass is 10.0. The summed E-state index contributed by atoms with van der Waals surface area (Å²) in [5, 5.41) is 5.59. The van der Waals surface area contributed by atoms with Gasteiger partial charge in [0.1, 0.15) is 23.2 Å². The second kappa shape index (κ2) is 12.1. The van der Waals surface area contributed by atoms with Crippen molar-refractivity contribution in [2.75, 3.05) is 29.7 Å². The number of rotatable bonds is 8. The van der Waals surface area contributed by atoms with Gasteiger partial charge in [0, 0.05) is 55.1 Å². The van der Waals surface area contributed by atoms with Gasteiger partial charge in [0.15, 0.2) is 0 Å². The van der Waals surface area contributed by atoms with Gasteiger partial charge in [0.05, 0.1) is 23.9 Å². The van der Waals surface area contributed by atoms with Gasteiger partial charge in [0.2, 0.25) is 0 Å². The number of ether oxygens (including phenoxy) is 1. The van der Waals surface area contributed by atoms with Crippen LogP contribution in [0.15, 0.2) is 89.9 Å². The maximum absolute atomic E-state index is 15.1. The first-order valence-corrected chi connectivity index (χ1v) is 13.3. The molecule has 0 aliphatic rings. The third-order valence-corrected chi connectivity index (χ3v) is 6.88. The number of urea groups is 1. The summed E-state index contributed by atoms with van der Waals surface area (Å²) in [6, 6.07) is 20.7. The molecule has 0 bridgehead atoms. The monoisotopic (exact) mass is 569 g/mol. The number of hydrogen-bond acceptors (Lipinski definition) is 5. The first kappa shape index (κ1) is 28.3. The Bertz CT molecular complexity index is 1810. The molecular formula is C32H29F2N5O3. The van der Waals surface area contributed by atoms with E-state index in [1.165, 1.54) is 10.6 Å². The SMILES string of the molecule is CCn1c(=O)c(-c2cc(NC(=O)Nc3ccccc3)c(F)cc2F)cc2cnc(N(C)Cc3ccc(OC)cc3)cc21. The average Bonchev–Trinajstić information content (AvgIpc) is 2.99. The number of carbonyl (C=O) groups is 1. The van der Waals surface area contributed by atoms with Crippen LogP contribution in [0.2, 0.25) is 0 Å². The summed E-state index contributed by atoms with van der Waals surface area (Å²) in [7, 11) is 3.52. The molecule has 2 aromatic heterocycles. The van der Waals surface area contributed by atoms with E-state index in [9.17, 15) is 14.0 Å². The van der Waals surface area contributed by atoms with Crippen molar-refractivity contribution in [2.45, 2.75) is 20.0 Å². The molecule has 0 saturated heterocycles. The van der Waals surface area contributed by atoms with Crippen LogP contribution in [0.5, 0.6) is 5.75 Å². The minimum Gasteiger partial charge on any atom is -0.497 e. The van der Waals surface area contributed by atoms with E-state index in [0.29, 0.717) is 41.6 Å². The largest absolute Gasteiger partial charge is 0.497 e. The van der Waals surface area contributed by atoms with Crippen molar-refractivity contribution in [1.29, 1.82) is 0 Å². The molecule has 2 amide bonds. The highest BCUT2D eigenvalue weighted by Crippen LogP contribution is 2.29. The second-order valence-electron chi connectivity index (χ2n) is 9.67. The maximum Gasteiger partial charge on any atom is 0.323 e. The van der Waals surface area contributed by atoms with Gasteiger partial charge in [-0.2, -0.15) is 0 Å². The molecule has 5 aromatic rings. The number of methoxy groups -OCH3 is 1. The number of anilines is 3. The fourth-order valence-electron chi connectivity index (χ4n) is 4.72. The summed E-state index contributed by atoms with van der Waals surface area (Å²) >= 11 is 0. The zero-order valence-electron chi connectivity index (χ0n) is 23.3. The molecule has 0 unspecified atom stereocenters. The fraction of sp³-hybridized carbons (Fsp3) is 0.156. The highest BCUT2D eigenvalue weighted by Gasteiger charge is 2.19. The molecule has 0 saturated carbocycles. The Morgan fingerprint density at radius 2 is 1.69 bits per heavy atom. The number of halogens is 2. The number of pyridine rings is 2. The lowest BCUT2D eigenvalue weighted by Gasteiger charge is -2.20. The summed E-state index contributed by atoms with van der Waals surface area (Å²) < 4.78 is 36.5. The first-order chi connectivity index (χ1) is 20.3. The Balaban J connectivity index is 1.47. The van der Waals surface area contributed by atoms with Gasteiger partial charge in [-0.05, 0) is 48.9 Å². The molecule has 0 aliphatic heterocycles. The predicted molar refractivity (Wildman–Crippen MR) is 161 cm³/mol. The summed E-state index contributed by atoms with van der Waals surface area (Å²) in [5.41, 5.74) is 1.34. The number of aryl methyl sites for hydroxylation is 1. The molecule has 0 aliphatic carbocycles. The van der Waals surface area contributed by atoms with E-state index in [4.69, 9.17) is 4.74 Å². The van der Waals surface area contributed by atoms with Gasteiger partial charge in [-0.3, -0.25) is 4.79 Å². The number of para-hydroxylation sites is 1. The van der Waals surface area contributed by atoms with E-state index >= 15 is 4.39 Å². The van der Waals surface area contributed by atoms with Gasteiger partial charge in [-0.1, -0.05) is 30.3 Å². The zero-order chi connectivity index (χ0) is 29.8. The second-order valence-corrected chi connectivity index (χ2v) is 9.67. The Morgan fingerprint density at radius 1 is 0.952 bits per heavy atom. The molecule has 214 valence electrons. The molecule has 42 heavy (non-hydrogen) atoms. The van der Waals surface area contributed by atoms with Crippen molar-refractivity contribution < 1.29 is 18.3 Å². The molecule has 0 fully saturated rings. The van der Waals surface area contributed by atoms with Crippen LogP contribution in [0.3, 0.4) is 0 Å². The average molecular weight is 570 g/mol. The molecule has 0 radical (unpaired) electrons. The number of nitrogens with one attached hydrogen (secondary N) is 2. The molecule has 2 heterocycles. The van der Waals surface area contributed by atoms with Gasteiger partial charge in [-0.25, -0.2) is 18.6 Å². The smallest absolute Gasteiger partial charge is 0.323 e. The van der Waals surface area contributed by atoms with E-state index in [1.54, 1.807) is 43.6 Å². The van der Waals surface area contributed by atoms with Crippen LogP contribution in [-0.2, 0) is 13.1 Å². The van der Waals surface area contributed by atoms with Gasteiger partial charge in [0.25, 0.3) is 5.56 Å². The molecule has 10 heteroatoms. The zero-order valence-corrected chi connectivity index (χ0v) is 23.3. The number of benzene rings is 3. The quantitative estimate of drug-likeness (QED) is 0.218. The van der Waals surface area contributed by atoms with Gasteiger partial charge < -0.3 is 24.8 Å². The summed E-state index contributed by atoms with van der Waals surface area (Å²) in [5.74, 6) is -0.479.